The summed E-state index contributed by atoms with van der Waals surface area (Å²) in [5.41, 5.74) is 1.28. The SMILES string of the molecule is CCC(CC)C(Cc1ccc(OC)c(OC)c1)NC. The quantitative estimate of drug-likeness (QED) is 0.782. The van der Waals surface area contributed by atoms with Crippen LogP contribution in [0.15, 0.2) is 18.2 Å². The first kappa shape index (κ1) is 15.8. The van der Waals surface area contributed by atoms with Crippen molar-refractivity contribution in [2.75, 3.05) is 21.3 Å². The molecule has 0 saturated carbocycles. The Hall–Kier alpha value is -1.22. The van der Waals surface area contributed by atoms with Crippen molar-refractivity contribution in [2.24, 2.45) is 5.92 Å². The van der Waals surface area contributed by atoms with E-state index in [1.807, 2.05) is 13.1 Å². The standard InChI is InChI=1S/C16H27NO2/c1-6-13(7-2)14(17-3)10-12-8-9-15(18-4)16(11-12)19-5/h8-9,11,13-14,17H,6-7,10H2,1-5H3. The van der Waals surface area contributed by atoms with Crippen LogP contribution in [0.1, 0.15) is 32.3 Å². The minimum absolute atomic E-state index is 0.508. The van der Waals surface area contributed by atoms with Crippen LogP contribution in [0.2, 0.25) is 0 Å². The van der Waals surface area contributed by atoms with E-state index in [1.54, 1.807) is 14.2 Å². The first-order valence-electron chi connectivity index (χ1n) is 7.08. The van der Waals surface area contributed by atoms with Crippen molar-refractivity contribution < 1.29 is 9.47 Å². The summed E-state index contributed by atoms with van der Waals surface area (Å²) in [5, 5.41) is 3.45. The Morgan fingerprint density at radius 3 is 2.16 bits per heavy atom. The molecular formula is C16H27NO2. The van der Waals surface area contributed by atoms with Crippen molar-refractivity contribution >= 4 is 0 Å². The molecule has 0 heterocycles. The van der Waals surface area contributed by atoms with Crippen molar-refractivity contribution in [1.82, 2.24) is 5.32 Å². The molecular weight excluding hydrogens is 238 g/mol. The molecule has 0 aromatic heterocycles. The zero-order valence-electron chi connectivity index (χ0n) is 12.8. The number of benzene rings is 1. The van der Waals surface area contributed by atoms with Crippen molar-refractivity contribution in [3.63, 3.8) is 0 Å². The molecule has 0 bridgehead atoms. The van der Waals surface area contributed by atoms with Crippen molar-refractivity contribution in [2.45, 2.75) is 39.2 Å². The summed E-state index contributed by atoms with van der Waals surface area (Å²) >= 11 is 0. The zero-order chi connectivity index (χ0) is 14.3. The highest BCUT2D eigenvalue weighted by molar-refractivity contribution is 5.43. The Balaban J connectivity index is 2.85. The predicted octanol–water partition coefficient (Wildman–Crippen LogP) is 3.27. The highest BCUT2D eigenvalue weighted by Gasteiger charge is 2.17. The van der Waals surface area contributed by atoms with E-state index >= 15 is 0 Å². The van der Waals surface area contributed by atoms with Crippen LogP contribution < -0.4 is 14.8 Å². The summed E-state index contributed by atoms with van der Waals surface area (Å²) in [4.78, 5) is 0. The van der Waals surface area contributed by atoms with Crippen LogP contribution in [0.4, 0.5) is 0 Å². The first-order valence-corrected chi connectivity index (χ1v) is 7.08. The van der Waals surface area contributed by atoms with Crippen LogP contribution >= 0.6 is 0 Å². The molecule has 108 valence electrons. The van der Waals surface area contributed by atoms with Gasteiger partial charge in [0, 0.05) is 6.04 Å². The van der Waals surface area contributed by atoms with Crippen molar-refractivity contribution in [1.29, 1.82) is 0 Å². The number of ether oxygens (including phenoxy) is 2. The molecule has 0 amide bonds. The zero-order valence-corrected chi connectivity index (χ0v) is 12.8. The molecule has 1 rings (SSSR count). The second-order valence-electron chi connectivity index (χ2n) is 4.87. The van der Waals surface area contributed by atoms with Crippen LogP contribution in [0.3, 0.4) is 0 Å². The second-order valence-corrected chi connectivity index (χ2v) is 4.87. The fourth-order valence-electron chi connectivity index (χ4n) is 2.62. The maximum Gasteiger partial charge on any atom is 0.160 e. The van der Waals surface area contributed by atoms with Gasteiger partial charge in [0.05, 0.1) is 14.2 Å². The molecule has 1 aromatic rings. The highest BCUT2D eigenvalue weighted by atomic mass is 16.5. The Morgan fingerprint density at radius 2 is 1.68 bits per heavy atom. The Labute approximate surface area is 117 Å². The molecule has 3 nitrogen and oxygen atoms in total. The molecule has 0 radical (unpaired) electrons. The molecule has 1 unspecified atom stereocenters. The molecule has 0 aliphatic carbocycles. The Morgan fingerprint density at radius 1 is 1.05 bits per heavy atom. The summed E-state index contributed by atoms with van der Waals surface area (Å²) in [7, 11) is 5.39. The number of hydrogen-bond donors (Lipinski definition) is 1. The van der Waals surface area contributed by atoms with E-state index in [2.05, 4.69) is 31.3 Å². The van der Waals surface area contributed by atoms with Crippen LogP contribution in [0, 0.1) is 5.92 Å². The number of rotatable bonds is 8. The Kier molecular flexibility index (Phi) is 6.71. The summed E-state index contributed by atoms with van der Waals surface area (Å²) in [5.74, 6) is 2.30. The van der Waals surface area contributed by atoms with E-state index in [1.165, 1.54) is 18.4 Å². The summed E-state index contributed by atoms with van der Waals surface area (Å²) < 4.78 is 10.6. The van der Waals surface area contributed by atoms with Gasteiger partial charge in [-0.2, -0.15) is 0 Å². The molecule has 19 heavy (non-hydrogen) atoms. The van der Waals surface area contributed by atoms with Gasteiger partial charge >= 0.3 is 0 Å². The van der Waals surface area contributed by atoms with Gasteiger partial charge in [0.25, 0.3) is 0 Å². The average Bonchev–Trinajstić information content (AvgIpc) is 2.46. The fraction of sp³-hybridized carbons (Fsp3) is 0.625. The largest absolute Gasteiger partial charge is 0.493 e. The average molecular weight is 265 g/mol. The topological polar surface area (TPSA) is 30.5 Å². The van der Waals surface area contributed by atoms with E-state index in [0.29, 0.717) is 12.0 Å². The van der Waals surface area contributed by atoms with Crippen LogP contribution in [0.5, 0.6) is 11.5 Å². The second kappa shape index (κ2) is 8.05. The summed E-state index contributed by atoms with van der Waals surface area (Å²) in [6.07, 6.45) is 3.42. The van der Waals surface area contributed by atoms with E-state index in [9.17, 15) is 0 Å². The van der Waals surface area contributed by atoms with Gasteiger partial charge in [-0.15, -0.1) is 0 Å². The number of nitrogens with one attached hydrogen (secondary N) is 1. The number of methoxy groups -OCH3 is 2. The van der Waals surface area contributed by atoms with Gasteiger partial charge in [0.2, 0.25) is 0 Å². The lowest BCUT2D eigenvalue weighted by Crippen LogP contribution is -2.35. The lowest BCUT2D eigenvalue weighted by molar-refractivity contribution is 0.344. The first-order chi connectivity index (χ1) is 9.19. The van der Waals surface area contributed by atoms with Crippen molar-refractivity contribution in [3.05, 3.63) is 23.8 Å². The van der Waals surface area contributed by atoms with Crippen molar-refractivity contribution in [3.8, 4) is 11.5 Å². The number of likely N-dealkylation sites (N-methyl/N-ethyl adjacent to an activating group) is 1. The van der Waals surface area contributed by atoms with Gasteiger partial charge in [0.1, 0.15) is 0 Å². The van der Waals surface area contributed by atoms with Crippen LogP contribution in [-0.4, -0.2) is 27.3 Å². The summed E-state index contributed by atoms with van der Waals surface area (Å²) in [6.45, 7) is 4.51. The minimum Gasteiger partial charge on any atom is -0.493 e. The van der Waals surface area contributed by atoms with Crippen LogP contribution in [-0.2, 0) is 6.42 Å². The maximum atomic E-state index is 5.36. The van der Waals surface area contributed by atoms with Gasteiger partial charge in [-0.3, -0.25) is 0 Å². The molecule has 1 N–H and O–H groups in total. The van der Waals surface area contributed by atoms with Gasteiger partial charge in [-0.25, -0.2) is 0 Å². The smallest absolute Gasteiger partial charge is 0.160 e. The molecule has 0 aliphatic heterocycles. The van der Waals surface area contributed by atoms with Gasteiger partial charge in [-0.05, 0) is 37.1 Å². The van der Waals surface area contributed by atoms with Gasteiger partial charge in [0.15, 0.2) is 11.5 Å². The third-order valence-electron chi connectivity index (χ3n) is 3.89. The predicted molar refractivity (Wildman–Crippen MR) is 80.2 cm³/mol. The molecule has 1 aromatic carbocycles. The van der Waals surface area contributed by atoms with Gasteiger partial charge < -0.3 is 14.8 Å². The molecule has 0 aliphatic rings. The molecule has 0 spiro atoms. The third-order valence-corrected chi connectivity index (χ3v) is 3.89. The number of hydrogen-bond acceptors (Lipinski definition) is 3. The van der Waals surface area contributed by atoms with Crippen LogP contribution in [0.25, 0.3) is 0 Å². The van der Waals surface area contributed by atoms with E-state index in [4.69, 9.17) is 9.47 Å². The molecule has 3 heteroatoms. The van der Waals surface area contributed by atoms with E-state index < -0.39 is 0 Å². The summed E-state index contributed by atoms with van der Waals surface area (Å²) in [6, 6.07) is 6.68. The lowest BCUT2D eigenvalue weighted by Gasteiger charge is -2.25. The van der Waals surface area contributed by atoms with E-state index in [0.717, 1.165) is 17.9 Å². The monoisotopic (exact) mass is 265 g/mol. The molecule has 0 saturated heterocycles. The third kappa shape index (κ3) is 4.13. The highest BCUT2D eigenvalue weighted by Crippen LogP contribution is 2.28. The maximum absolute atomic E-state index is 5.36. The minimum atomic E-state index is 0.508. The molecule has 0 fully saturated rings. The Bertz CT molecular complexity index is 375. The van der Waals surface area contributed by atoms with E-state index in [-0.39, 0.29) is 0 Å². The van der Waals surface area contributed by atoms with Gasteiger partial charge in [-0.1, -0.05) is 32.8 Å². The lowest BCUT2D eigenvalue weighted by atomic mass is 9.89. The normalized spacial score (nSPS) is 12.5. The molecule has 1 atom stereocenters. The fourth-order valence-corrected chi connectivity index (χ4v) is 2.62.